The normalized spacial score (nSPS) is 13.6. The van der Waals surface area contributed by atoms with Crippen molar-refractivity contribution in [1.82, 2.24) is 0 Å². The third-order valence-electron chi connectivity index (χ3n) is 1.02. The van der Waals surface area contributed by atoms with Gasteiger partial charge in [0.1, 0.15) is 0 Å². The first-order chi connectivity index (χ1) is 3.85. The van der Waals surface area contributed by atoms with Crippen molar-refractivity contribution in [3.63, 3.8) is 0 Å². The van der Waals surface area contributed by atoms with Crippen molar-refractivity contribution < 1.29 is 44.6 Å². The van der Waals surface area contributed by atoms with Gasteiger partial charge in [-0.2, -0.15) is 0 Å². The molecule has 0 aliphatic carbocycles. The van der Waals surface area contributed by atoms with Crippen molar-refractivity contribution >= 4 is 5.97 Å². The Morgan fingerprint density at radius 2 is 2.00 bits per heavy atom. The Kier molecular flexibility index (Phi) is 5.60. The van der Waals surface area contributed by atoms with Gasteiger partial charge in [-0.25, -0.2) is 0 Å². The molecule has 54 valence electrons. The van der Waals surface area contributed by atoms with Crippen molar-refractivity contribution in [2.45, 2.75) is 25.5 Å². The van der Waals surface area contributed by atoms with Crippen molar-refractivity contribution in [2.24, 2.45) is 5.73 Å². The number of carboxylic acid groups (broad SMARTS) is 1. The molecular formula is C5H10NNaO3. The Morgan fingerprint density at radius 1 is 1.70 bits per heavy atom. The van der Waals surface area contributed by atoms with E-state index in [-0.39, 0.29) is 29.6 Å². The van der Waals surface area contributed by atoms with Crippen LogP contribution < -0.4 is 40.4 Å². The monoisotopic (exact) mass is 155 g/mol. The molecule has 0 radical (unpaired) electrons. The number of aliphatic carboxylic acids is 1. The van der Waals surface area contributed by atoms with Crippen LogP contribution in [0.1, 0.15) is 13.8 Å². The Morgan fingerprint density at radius 3 is 2.00 bits per heavy atom. The van der Waals surface area contributed by atoms with E-state index in [1.165, 1.54) is 13.8 Å². The molecule has 3 N–H and O–H groups in total. The maximum Gasteiger partial charge on any atom is 1.00 e. The summed E-state index contributed by atoms with van der Waals surface area (Å²) in [5.41, 5.74) is 3.58. The molecule has 0 aromatic rings. The number of hydrogen-bond donors (Lipinski definition) is 2. The molecular weight excluding hydrogens is 145 g/mol. The predicted octanol–water partition coefficient (Wildman–Crippen LogP) is -5.16. The van der Waals surface area contributed by atoms with Crippen molar-refractivity contribution in [3.8, 4) is 0 Å². The third kappa shape index (κ3) is 4.24. The molecule has 0 aliphatic rings. The molecule has 1 atom stereocenters. The molecule has 4 nitrogen and oxygen atoms in total. The standard InChI is InChI=1S/C5H11NO3.Na/c1-5(2,9)3(6)4(7)8;/h3,9H,6H2,1-2H3,(H,7,8);/q;+1/p-1/t3-;/m1./s1. The van der Waals surface area contributed by atoms with E-state index < -0.39 is 17.6 Å². The SMILES string of the molecule is CC(C)(O)[C@H](N)C(=O)[O-].[Na+]. The Labute approximate surface area is 81.7 Å². The van der Waals surface area contributed by atoms with Crippen LogP contribution in [0.5, 0.6) is 0 Å². The summed E-state index contributed by atoms with van der Waals surface area (Å²) < 4.78 is 0. The smallest absolute Gasteiger partial charge is 0.548 e. The molecule has 10 heavy (non-hydrogen) atoms. The van der Waals surface area contributed by atoms with Crippen LogP contribution in [-0.4, -0.2) is 22.7 Å². The summed E-state index contributed by atoms with van der Waals surface area (Å²) in [6.45, 7) is 2.63. The Balaban J connectivity index is 0. The van der Waals surface area contributed by atoms with E-state index in [0.717, 1.165) is 0 Å². The first kappa shape index (κ1) is 13.0. The Bertz CT molecular complexity index is 121. The zero-order chi connectivity index (χ0) is 7.65. The number of hydrogen-bond acceptors (Lipinski definition) is 4. The third-order valence-corrected chi connectivity index (χ3v) is 1.02. The average Bonchev–Trinajstić information content (AvgIpc) is 1.62. The van der Waals surface area contributed by atoms with Crippen LogP contribution in [0.15, 0.2) is 0 Å². The van der Waals surface area contributed by atoms with Crippen LogP contribution >= 0.6 is 0 Å². The van der Waals surface area contributed by atoms with Crippen LogP contribution in [0.2, 0.25) is 0 Å². The number of nitrogens with two attached hydrogens (primary N) is 1. The zero-order valence-corrected chi connectivity index (χ0v) is 8.42. The number of rotatable bonds is 2. The number of carbonyl (C=O) groups excluding carboxylic acids is 1. The summed E-state index contributed by atoms with van der Waals surface area (Å²) in [7, 11) is 0. The van der Waals surface area contributed by atoms with Crippen LogP contribution in [0.25, 0.3) is 0 Å². The van der Waals surface area contributed by atoms with E-state index in [2.05, 4.69) is 0 Å². The largest absolute Gasteiger partial charge is 1.00 e. The number of aliphatic hydroxyl groups is 1. The fourth-order valence-electron chi connectivity index (χ4n) is 0.288. The van der Waals surface area contributed by atoms with Gasteiger partial charge in [0.05, 0.1) is 17.6 Å². The van der Waals surface area contributed by atoms with Gasteiger partial charge in [-0.3, -0.25) is 0 Å². The van der Waals surface area contributed by atoms with E-state index in [0.29, 0.717) is 0 Å². The molecule has 0 bridgehead atoms. The van der Waals surface area contributed by atoms with Crippen molar-refractivity contribution in [1.29, 1.82) is 0 Å². The maximum atomic E-state index is 9.95. The van der Waals surface area contributed by atoms with Crippen LogP contribution in [0, 0.1) is 0 Å². The molecule has 0 rings (SSSR count). The maximum absolute atomic E-state index is 9.95. The fraction of sp³-hybridized carbons (Fsp3) is 0.800. The molecule has 0 aliphatic heterocycles. The molecule has 0 spiro atoms. The van der Waals surface area contributed by atoms with Crippen molar-refractivity contribution in [2.75, 3.05) is 0 Å². The van der Waals surface area contributed by atoms with Gasteiger partial charge in [0, 0.05) is 0 Å². The minimum absolute atomic E-state index is 0. The van der Waals surface area contributed by atoms with Gasteiger partial charge in [0.25, 0.3) is 0 Å². The second-order valence-electron chi connectivity index (χ2n) is 2.45. The summed E-state index contributed by atoms with van der Waals surface area (Å²) in [4.78, 5) is 9.95. The molecule has 5 heteroatoms. The van der Waals surface area contributed by atoms with Gasteiger partial charge in [0.15, 0.2) is 0 Å². The Hall–Kier alpha value is 0.390. The second-order valence-corrected chi connectivity index (χ2v) is 2.45. The predicted molar refractivity (Wildman–Crippen MR) is 29.3 cm³/mol. The zero-order valence-electron chi connectivity index (χ0n) is 6.42. The molecule has 0 saturated carbocycles. The summed E-state index contributed by atoms with van der Waals surface area (Å²) in [6, 6.07) is -1.32. The van der Waals surface area contributed by atoms with Gasteiger partial charge >= 0.3 is 29.6 Å². The van der Waals surface area contributed by atoms with E-state index in [4.69, 9.17) is 10.8 Å². The average molecular weight is 155 g/mol. The molecule has 0 aromatic heterocycles. The van der Waals surface area contributed by atoms with Gasteiger partial charge in [-0.15, -0.1) is 0 Å². The summed E-state index contributed by atoms with van der Waals surface area (Å²) in [6.07, 6.45) is 0. The van der Waals surface area contributed by atoms with Crippen molar-refractivity contribution in [3.05, 3.63) is 0 Å². The summed E-state index contributed by atoms with van der Waals surface area (Å²) in [5, 5.41) is 18.9. The molecule has 0 unspecified atom stereocenters. The molecule has 0 aromatic carbocycles. The van der Waals surface area contributed by atoms with Gasteiger partial charge in [-0.1, -0.05) is 0 Å². The van der Waals surface area contributed by atoms with Gasteiger partial charge < -0.3 is 20.7 Å². The first-order valence-corrected chi connectivity index (χ1v) is 2.54. The number of carbonyl (C=O) groups is 1. The van der Waals surface area contributed by atoms with E-state index in [1.807, 2.05) is 0 Å². The van der Waals surface area contributed by atoms with E-state index >= 15 is 0 Å². The fourth-order valence-corrected chi connectivity index (χ4v) is 0.288. The summed E-state index contributed by atoms with van der Waals surface area (Å²) in [5.74, 6) is -1.44. The van der Waals surface area contributed by atoms with Crippen LogP contribution in [0.3, 0.4) is 0 Å². The molecule has 0 saturated heterocycles. The van der Waals surface area contributed by atoms with Gasteiger partial charge in [-0.05, 0) is 13.8 Å². The van der Waals surface area contributed by atoms with Crippen LogP contribution in [-0.2, 0) is 4.79 Å². The molecule has 0 amide bonds. The minimum Gasteiger partial charge on any atom is -0.548 e. The first-order valence-electron chi connectivity index (χ1n) is 2.54. The number of carboxylic acids is 1. The van der Waals surface area contributed by atoms with Crippen LogP contribution in [0.4, 0.5) is 0 Å². The van der Waals surface area contributed by atoms with E-state index in [9.17, 15) is 9.90 Å². The summed E-state index contributed by atoms with van der Waals surface area (Å²) >= 11 is 0. The van der Waals surface area contributed by atoms with Gasteiger partial charge in [0.2, 0.25) is 0 Å². The molecule has 0 fully saturated rings. The topological polar surface area (TPSA) is 86.4 Å². The minimum atomic E-state index is -1.44. The van der Waals surface area contributed by atoms with E-state index in [1.54, 1.807) is 0 Å². The quantitative estimate of drug-likeness (QED) is 0.390. The molecule has 0 heterocycles. The second kappa shape index (κ2) is 4.31.